The first-order valence-corrected chi connectivity index (χ1v) is 5.48. The molecule has 94 valence electrons. The smallest absolute Gasteiger partial charge is 0.248 e. The van der Waals surface area contributed by atoms with E-state index in [9.17, 15) is 4.79 Å². The van der Waals surface area contributed by atoms with Gasteiger partial charge < -0.3 is 20.9 Å². The van der Waals surface area contributed by atoms with Crippen LogP contribution in [0.25, 0.3) is 0 Å². The van der Waals surface area contributed by atoms with Gasteiger partial charge in [0.1, 0.15) is 0 Å². The largest absolute Gasteiger partial charge is 0.398 e. The summed E-state index contributed by atoms with van der Waals surface area (Å²) in [6.07, 6.45) is 0. The lowest BCUT2D eigenvalue weighted by Gasteiger charge is -2.08. The van der Waals surface area contributed by atoms with E-state index in [0.717, 1.165) is 5.56 Å². The van der Waals surface area contributed by atoms with E-state index in [-0.39, 0.29) is 0 Å². The number of benzene rings is 1. The van der Waals surface area contributed by atoms with Crippen LogP contribution in [0.15, 0.2) is 18.2 Å². The van der Waals surface area contributed by atoms with Gasteiger partial charge in [-0.2, -0.15) is 0 Å². The van der Waals surface area contributed by atoms with Crippen LogP contribution in [0.1, 0.15) is 22.8 Å². The molecule has 0 radical (unpaired) electrons. The molecule has 1 aromatic rings. The summed E-state index contributed by atoms with van der Waals surface area (Å²) in [7, 11) is 0. The van der Waals surface area contributed by atoms with E-state index in [1.165, 1.54) is 0 Å². The van der Waals surface area contributed by atoms with Crippen molar-refractivity contribution in [2.75, 3.05) is 25.6 Å². The standard InChI is InChI=1S/C12H18N2O3/c1-2-16-5-6-17-8-10-4-3-9(12(14)15)7-11(10)13/h3-4,7H,2,5-6,8,13H2,1H3,(H2,14,15). The van der Waals surface area contributed by atoms with E-state index < -0.39 is 5.91 Å². The number of ether oxygens (including phenoxy) is 2. The highest BCUT2D eigenvalue weighted by Crippen LogP contribution is 2.15. The predicted molar refractivity (Wildman–Crippen MR) is 65.5 cm³/mol. The highest BCUT2D eigenvalue weighted by molar-refractivity contribution is 5.93. The second-order valence-corrected chi connectivity index (χ2v) is 3.53. The number of anilines is 1. The molecule has 0 unspecified atom stereocenters. The van der Waals surface area contributed by atoms with Gasteiger partial charge in [-0.1, -0.05) is 6.07 Å². The van der Waals surface area contributed by atoms with Gasteiger partial charge in [-0.05, 0) is 19.1 Å². The molecule has 4 N–H and O–H groups in total. The van der Waals surface area contributed by atoms with Crippen molar-refractivity contribution < 1.29 is 14.3 Å². The molecule has 0 saturated carbocycles. The van der Waals surface area contributed by atoms with Crippen LogP contribution in [-0.2, 0) is 16.1 Å². The Hall–Kier alpha value is -1.59. The van der Waals surface area contributed by atoms with Crippen LogP contribution >= 0.6 is 0 Å². The number of hydrogen-bond donors (Lipinski definition) is 2. The Bertz CT molecular complexity index is 380. The molecule has 0 saturated heterocycles. The van der Waals surface area contributed by atoms with Crippen LogP contribution in [0.4, 0.5) is 5.69 Å². The van der Waals surface area contributed by atoms with Gasteiger partial charge >= 0.3 is 0 Å². The van der Waals surface area contributed by atoms with Gasteiger partial charge in [0.05, 0.1) is 19.8 Å². The van der Waals surface area contributed by atoms with E-state index in [1.807, 2.05) is 6.92 Å². The molecule has 5 nitrogen and oxygen atoms in total. The van der Waals surface area contributed by atoms with Crippen LogP contribution in [0.3, 0.4) is 0 Å². The third-order valence-electron chi connectivity index (χ3n) is 2.26. The molecule has 0 fully saturated rings. The minimum Gasteiger partial charge on any atom is -0.398 e. The third kappa shape index (κ3) is 4.42. The summed E-state index contributed by atoms with van der Waals surface area (Å²) in [5, 5.41) is 0. The molecule has 1 rings (SSSR count). The van der Waals surface area contributed by atoms with E-state index in [0.29, 0.717) is 37.7 Å². The highest BCUT2D eigenvalue weighted by Gasteiger charge is 2.04. The van der Waals surface area contributed by atoms with Gasteiger partial charge in [0.25, 0.3) is 0 Å². The zero-order valence-corrected chi connectivity index (χ0v) is 9.94. The topological polar surface area (TPSA) is 87.6 Å². The Balaban J connectivity index is 2.46. The monoisotopic (exact) mass is 238 g/mol. The summed E-state index contributed by atoms with van der Waals surface area (Å²) in [5.41, 5.74) is 12.7. The van der Waals surface area contributed by atoms with Crippen molar-refractivity contribution >= 4 is 11.6 Å². The van der Waals surface area contributed by atoms with Crippen molar-refractivity contribution in [1.82, 2.24) is 0 Å². The van der Waals surface area contributed by atoms with Gasteiger partial charge in [-0.15, -0.1) is 0 Å². The fourth-order valence-electron chi connectivity index (χ4n) is 1.32. The van der Waals surface area contributed by atoms with Crippen LogP contribution in [0, 0.1) is 0 Å². The lowest BCUT2D eigenvalue weighted by atomic mass is 10.1. The van der Waals surface area contributed by atoms with E-state index in [1.54, 1.807) is 18.2 Å². The first-order valence-electron chi connectivity index (χ1n) is 5.48. The summed E-state index contributed by atoms with van der Waals surface area (Å²) < 4.78 is 10.5. The first-order chi connectivity index (χ1) is 8.15. The van der Waals surface area contributed by atoms with Gasteiger partial charge in [0, 0.05) is 23.4 Å². The molecule has 1 aromatic carbocycles. The predicted octanol–water partition coefficient (Wildman–Crippen LogP) is 0.921. The van der Waals surface area contributed by atoms with Gasteiger partial charge in [0.2, 0.25) is 5.91 Å². The van der Waals surface area contributed by atoms with Gasteiger partial charge in [-0.25, -0.2) is 0 Å². The molecule has 0 spiro atoms. The van der Waals surface area contributed by atoms with Crippen molar-refractivity contribution in [2.45, 2.75) is 13.5 Å². The Labute approximate surface area is 101 Å². The van der Waals surface area contributed by atoms with Crippen LogP contribution in [0.2, 0.25) is 0 Å². The van der Waals surface area contributed by atoms with Crippen molar-refractivity contribution in [2.24, 2.45) is 5.73 Å². The molecule has 17 heavy (non-hydrogen) atoms. The average molecular weight is 238 g/mol. The quantitative estimate of drug-likeness (QED) is 0.546. The molecular formula is C12H18N2O3. The third-order valence-corrected chi connectivity index (χ3v) is 2.26. The summed E-state index contributed by atoms with van der Waals surface area (Å²) in [6.45, 7) is 4.10. The Morgan fingerprint density at radius 3 is 2.59 bits per heavy atom. The Kier molecular flexibility index (Phi) is 5.45. The average Bonchev–Trinajstić information content (AvgIpc) is 2.30. The summed E-state index contributed by atoms with van der Waals surface area (Å²) >= 11 is 0. The molecule has 5 heteroatoms. The minimum atomic E-state index is -0.486. The lowest BCUT2D eigenvalue weighted by molar-refractivity contribution is 0.0455. The maximum atomic E-state index is 10.9. The number of rotatable bonds is 7. The Morgan fingerprint density at radius 1 is 1.29 bits per heavy atom. The lowest BCUT2D eigenvalue weighted by Crippen LogP contribution is -2.12. The SMILES string of the molecule is CCOCCOCc1ccc(C(N)=O)cc1N. The first kappa shape index (κ1) is 13.5. The van der Waals surface area contributed by atoms with E-state index >= 15 is 0 Å². The molecular weight excluding hydrogens is 220 g/mol. The van der Waals surface area contributed by atoms with Crippen LogP contribution in [-0.4, -0.2) is 25.7 Å². The number of carbonyl (C=O) groups excluding carboxylic acids is 1. The number of nitrogens with two attached hydrogens (primary N) is 2. The zero-order valence-electron chi connectivity index (χ0n) is 9.94. The number of carbonyl (C=O) groups is 1. The molecule has 0 atom stereocenters. The maximum absolute atomic E-state index is 10.9. The number of nitrogen functional groups attached to an aromatic ring is 1. The summed E-state index contributed by atoms with van der Waals surface area (Å²) in [5.74, 6) is -0.486. The zero-order chi connectivity index (χ0) is 12.7. The second kappa shape index (κ2) is 6.88. The van der Waals surface area contributed by atoms with E-state index in [2.05, 4.69) is 0 Å². The maximum Gasteiger partial charge on any atom is 0.248 e. The van der Waals surface area contributed by atoms with Crippen molar-refractivity contribution in [1.29, 1.82) is 0 Å². The van der Waals surface area contributed by atoms with Crippen molar-refractivity contribution in [3.63, 3.8) is 0 Å². The van der Waals surface area contributed by atoms with Crippen LogP contribution < -0.4 is 11.5 Å². The fourth-order valence-corrected chi connectivity index (χ4v) is 1.32. The number of amides is 1. The summed E-state index contributed by atoms with van der Waals surface area (Å²) in [6, 6.07) is 4.94. The van der Waals surface area contributed by atoms with Crippen molar-refractivity contribution in [3.8, 4) is 0 Å². The van der Waals surface area contributed by atoms with Gasteiger partial charge in [-0.3, -0.25) is 4.79 Å². The van der Waals surface area contributed by atoms with Gasteiger partial charge in [0.15, 0.2) is 0 Å². The molecule has 0 heterocycles. The molecule has 0 bridgehead atoms. The van der Waals surface area contributed by atoms with Crippen molar-refractivity contribution in [3.05, 3.63) is 29.3 Å². The Morgan fingerprint density at radius 2 is 2.00 bits per heavy atom. The second-order valence-electron chi connectivity index (χ2n) is 3.53. The molecule has 0 aliphatic rings. The normalized spacial score (nSPS) is 10.4. The molecule has 1 amide bonds. The van der Waals surface area contributed by atoms with Crippen LogP contribution in [0.5, 0.6) is 0 Å². The van der Waals surface area contributed by atoms with E-state index in [4.69, 9.17) is 20.9 Å². The number of primary amides is 1. The minimum absolute atomic E-state index is 0.401. The fraction of sp³-hybridized carbons (Fsp3) is 0.417. The highest BCUT2D eigenvalue weighted by atomic mass is 16.5. The number of hydrogen-bond acceptors (Lipinski definition) is 4. The summed E-state index contributed by atoms with van der Waals surface area (Å²) in [4.78, 5) is 10.9. The molecule has 0 aliphatic carbocycles. The molecule has 0 aromatic heterocycles. The molecule has 0 aliphatic heterocycles.